The molecule has 0 radical (unpaired) electrons. The van der Waals surface area contributed by atoms with Crippen LogP contribution in [-0.2, 0) is 9.53 Å². The highest BCUT2D eigenvalue weighted by Crippen LogP contribution is 2.55. The van der Waals surface area contributed by atoms with E-state index in [4.69, 9.17) is 16.3 Å². The number of thioether (sulfide) groups is 1. The van der Waals surface area contributed by atoms with Gasteiger partial charge in [-0.2, -0.15) is 0 Å². The number of benzene rings is 2. The average Bonchev–Trinajstić information content (AvgIpc) is 2.70. The van der Waals surface area contributed by atoms with Crippen molar-refractivity contribution in [3.05, 3.63) is 66.2 Å². The molecule has 1 aliphatic rings. The molecule has 0 unspecified atom stereocenters. The van der Waals surface area contributed by atoms with E-state index in [2.05, 4.69) is 0 Å². The van der Waals surface area contributed by atoms with E-state index in [0.29, 0.717) is 0 Å². The second kappa shape index (κ2) is 5.73. The molecule has 0 N–H and O–H groups in total. The Labute approximate surface area is 139 Å². The summed E-state index contributed by atoms with van der Waals surface area (Å²) in [5.41, 5.74) is 0.0178. The summed E-state index contributed by atoms with van der Waals surface area (Å²) in [5.74, 6) is -0.0932. The highest BCUT2D eigenvalue weighted by atomic mass is 35.5. The van der Waals surface area contributed by atoms with E-state index in [1.807, 2.05) is 60.7 Å². The van der Waals surface area contributed by atoms with Crippen molar-refractivity contribution in [2.45, 2.75) is 34.7 Å². The van der Waals surface area contributed by atoms with Gasteiger partial charge >= 0.3 is 0 Å². The van der Waals surface area contributed by atoms with Crippen LogP contribution in [0.4, 0.5) is 0 Å². The lowest BCUT2D eigenvalue weighted by Gasteiger charge is -2.25. The van der Waals surface area contributed by atoms with E-state index >= 15 is 0 Å². The predicted octanol–water partition coefficient (Wildman–Crippen LogP) is 4.83. The second-order valence-corrected chi connectivity index (χ2v) is 7.95. The fraction of sp³-hybridized carbons (Fsp3) is 0.278. The minimum atomic E-state index is -1.16. The Bertz CT molecular complexity index is 672. The molecule has 1 aliphatic heterocycles. The zero-order valence-corrected chi connectivity index (χ0v) is 14.0. The highest BCUT2D eigenvalue weighted by molar-refractivity contribution is 8.02. The normalized spacial score (nSPS) is 27.0. The van der Waals surface area contributed by atoms with E-state index in [1.54, 1.807) is 13.8 Å². The smallest absolute Gasteiger partial charge is 0.198 e. The van der Waals surface area contributed by atoms with Crippen molar-refractivity contribution < 1.29 is 9.53 Å². The Morgan fingerprint density at radius 1 is 1.00 bits per heavy atom. The molecule has 2 aromatic rings. The molecule has 1 saturated heterocycles. The van der Waals surface area contributed by atoms with E-state index < -0.39 is 15.9 Å². The fourth-order valence-electron chi connectivity index (χ4n) is 2.62. The predicted molar refractivity (Wildman–Crippen MR) is 90.2 cm³/mol. The third kappa shape index (κ3) is 2.69. The van der Waals surface area contributed by atoms with Gasteiger partial charge in [0.25, 0.3) is 0 Å². The van der Waals surface area contributed by atoms with Gasteiger partial charge in [-0.15, -0.1) is 0 Å². The maximum atomic E-state index is 12.9. The van der Waals surface area contributed by atoms with Gasteiger partial charge in [-0.05, 0) is 31.5 Å². The van der Waals surface area contributed by atoms with Crippen LogP contribution in [0, 0.1) is 0 Å². The van der Waals surface area contributed by atoms with E-state index in [1.165, 1.54) is 11.8 Å². The summed E-state index contributed by atoms with van der Waals surface area (Å²) in [7, 11) is 0. The molecule has 0 bridgehead atoms. The van der Waals surface area contributed by atoms with Crippen LogP contribution in [0.3, 0.4) is 0 Å². The summed E-state index contributed by atoms with van der Waals surface area (Å²) in [6.07, 6.45) is -0.483. The highest BCUT2D eigenvalue weighted by Gasteiger charge is 2.60. The van der Waals surface area contributed by atoms with Crippen LogP contribution in [0.15, 0.2) is 65.6 Å². The molecule has 114 valence electrons. The zero-order valence-electron chi connectivity index (χ0n) is 12.5. The number of carbonyl (C=O) groups is 1. The van der Waals surface area contributed by atoms with Crippen LogP contribution in [0.25, 0.3) is 0 Å². The molecule has 0 amide bonds. The topological polar surface area (TPSA) is 26.3 Å². The summed E-state index contributed by atoms with van der Waals surface area (Å²) >= 11 is 8.19. The molecule has 4 heteroatoms. The van der Waals surface area contributed by atoms with Gasteiger partial charge < -0.3 is 4.74 Å². The van der Waals surface area contributed by atoms with Crippen molar-refractivity contribution in [3.63, 3.8) is 0 Å². The number of alkyl halides is 1. The summed E-state index contributed by atoms with van der Waals surface area (Å²) < 4.78 is 4.87. The Balaban J connectivity index is 2.02. The number of carbonyl (C=O) groups excluding carboxylic acids is 1. The van der Waals surface area contributed by atoms with Gasteiger partial charge in [-0.25, -0.2) is 0 Å². The molecular weight excluding hydrogens is 316 g/mol. The van der Waals surface area contributed by atoms with Gasteiger partial charge in [0.1, 0.15) is 11.7 Å². The van der Waals surface area contributed by atoms with Crippen molar-refractivity contribution in [1.29, 1.82) is 0 Å². The monoisotopic (exact) mass is 332 g/mol. The molecule has 0 aromatic heterocycles. The van der Waals surface area contributed by atoms with Crippen LogP contribution in [0.5, 0.6) is 0 Å². The number of ether oxygens (including phenoxy) is 1. The lowest BCUT2D eigenvalue weighted by molar-refractivity contribution is -0.129. The Hall–Kier alpha value is -1.29. The van der Waals surface area contributed by atoms with Gasteiger partial charge in [0, 0.05) is 4.90 Å². The number of ketones is 1. The lowest BCUT2D eigenvalue weighted by Crippen LogP contribution is -2.36. The molecule has 1 heterocycles. The van der Waals surface area contributed by atoms with Crippen molar-refractivity contribution >= 4 is 29.1 Å². The molecule has 1 fully saturated rings. The Morgan fingerprint density at radius 2 is 1.55 bits per heavy atom. The van der Waals surface area contributed by atoms with E-state index in [0.717, 1.165) is 10.5 Å². The van der Waals surface area contributed by atoms with Crippen molar-refractivity contribution in [2.24, 2.45) is 0 Å². The number of halogens is 1. The largest absolute Gasteiger partial charge is 0.357 e. The average molecular weight is 333 g/mol. The maximum absolute atomic E-state index is 12.9. The number of hydrogen-bond donors (Lipinski definition) is 0. The standard InChI is InChI=1S/C18H17ClO2S/c1-17(2)16(20)18(19,22-14-11-7-4-8-12-14)15(21-17)13-9-5-3-6-10-13/h3-12,15H,1-2H3/t15-,18+/m1/s1. The Kier molecular flexibility index (Phi) is 4.06. The van der Waals surface area contributed by atoms with E-state index in [-0.39, 0.29) is 5.78 Å². The molecule has 2 atom stereocenters. The zero-order chi connectivity index (χ0) is 15.8. The van der Waals surface area contributed by atoms with Gasteiger partial charge in [-0.1, -0.05) is 71.9 Å². The van der Waals surface area contributed by atoms with Crippen LogP contribution in [0.2, 0.25) is 0 Å². The molecule has 0 spiro atoms. The molecule has 2 nitrogen and oxygen atoms in total. The summed E-state index contributed by atoms with van der Waals surface area (Å²) in [5, 5.41) is 0. The van der Waals surface area contributed by atoms with Gasteiger partial charge in [0.15, 0.2) is 9.99 Å². The number of hydrogen-bond acceptors (Lipinski definition) is 3. The van der Waals surface area contributed by atoms with Gasteiger partial charge in [0.2, 0.25) is 0 Å². The van der Waals surface area contributed by atoms with Crippen molar-refractivity contribution in [3.8, 4) is 0 Å². The van der Waals surface area contributed by atoms with Crippen LogP contribution < -0.4 is 0 Å². The van der Waals surface area contributed by atoms with Crippen LogP contribution >= 0.6 is 23.4 Å². The first-order chi connectivity index (χ1) is 10.4. The first-order valence-electron chi connectivity index (χ1n) is 7.14. The van der Waals surface area contributed by atoms with Crippen molar-refractivity contribution in [1.82, 2.24) is 0 Å². The SMILES string of the molecule is CC1(C)O[C@H](c2ccccc2)[C@](Cl)(Sc2ccccc2)C1=O. The summed E-state index contributed by atoms with van der Waals surface area (Å²) in [6, 6.07) is 19.4. The Morgan fingerprint density at radius 3 is 2.14 bits per heavy atom. The third-order valence-electron chi connectivity index (χ3n) is 3.72. The quantitative estimate of drug-likeness (QED) is 0.753. The number of rotatable bonds is 3. The third-order valence-corrected chi connectivity index (χ3v) is 5.52. The van der Waals surface area contributed by atoms with Crippen LogP contribution in [-0.4, -0.2) is 15.6 Å². The van der Waals surface area contributed by atoms with E-state index in [9.17, 15) is 4.79 Å². The maximum Gasteiger partial charge on any atom is 0.198 e. The molecule has 0 aliphatic carbocycles. The lowest BCUT2D eigenvalue weighted by atomic mass is 10.00. The minimum absolute atomic E-state index is 0.0932. The van der Waals surface area contributed by atoms with Gasteiger partial charge in [-0.3, -0.25) is 4.79 Å². The fourth-order valence-corrected chi connectivity index (χ4v) is 4.55. The molecule has 3 rings (SSSR count). The summed E-state index contributed by atoms with van der Waals surface area (Å²) in [4.78, 5) is 13.8. The summed E-state index contributed by atoms with van der Waals surface area (Å²) in [6.45, 7) is 3.56. The first kappa shape index (κ1) is 15.6. The number of Topliss-reactive ketones (excluding diaryl/α,β-unsaturated/α-hetero) is 1. The minimum Gasteiger partial charge on any atom is -0.357 e. The molecule has 22 heavy (non-hydrogen) atoms. The van der Waals surface area contributed by atoms with Gasteiger partial charge in [0.05, 0.1) is 0 Å². The molecule has 0 saturated carbocycles. The molecular formula is C18H17ClO2S. The molecule has 2 aromatic carbocycles. The first-order valence-corrected chi connectivity index (χ1v) is 8.33. The van der Waals surface area contributed by atoms with Crippen molar-refractivity contribution in [2.75, 3.05) is 0 Å². The second-order valence-electron chi connectivity index (χ2n) is 5.81. The van der Waals surface area contributed by atoms with Crippen LogP contribution in [0.1, 0.15) is 25.5 Å².